The van der Waals surface area contributed by atoms with Crippen LogP contribution in [0.3, 0.4) is 0 Å². The van der Waals surface area contributed by atoms with Gasteiger partial charge in [0.15, 0.2) is 0 Å². The first-order valence-electron chi connectivity index (χ1n) is 14.4. The number of carbonyl (C=O) groups excluding carboxylic acids is 2. The Hall–Kier alpha value is -2.65. The zero-order valence-corrected chi connectivity index (χ0v) is 23.2. The number of hydrogen-bond acceptors (Lipinski definition) is 5. The van der Waals surface area contributed by atoms with Crippen molar-refractivity contribution in [3.05, 3.63) is 0 Å². The maximum Gasteiger partial charge on any atom is 0.326 e. The van der Waals surface area contributed by atoms with Gasteiger partial charge in [0.25, 0.3) is 0 Å². The van der Waals surface area contributed by atoms with Crippen molar-refractivity contribution in [1.29, 1.82) is 0 Å². The topological polar surface area (TPSA) is 170 Å². The van der Waals surface area contributed by atoms with Crippen LogP contribution in [0.4, 0.5) is 0 Å². The van der Waals surface area contributed by atoms with E-state index in [0.717, 1.165) is 38.5 Å². The molecule has 10 nitrogen and oxygen atoms in total. The van der Waals surface area contributed by atoms with Crippen LogP contribution in [0.2, 0.25) is 0 Å². The molecule has 0 radical (unpaired) electrons. The van der Waals surface area contributed by atoms with Crippen LogP contribution in [-0.2, 0) is 24.0 Å². The number of amides is 2. The molecule has 5 N–H and O–H groups in total. The summed E-state index contributed by atoms with van der Waals surface area (Å²) in [6, 6.07) is -2.24. The van der Waals surface area contributed by atoms with E-state index in [2.05, 4.69) is 10.6 Å². The summed E-state index contributed by atoms with van der Waals surface area (Å²) in [6.07, 6.45) is 18.2. The average Bonchev–Trinajstić information content (AvgIpc) is 2.85. The predicted octanol–water partition coefficient (Wildman–Crippen LogP) is 5.03. The lowest BCUT2D eigenvalue weighted by atomic mass is 10.0. The quantitative estimate of drug-likeness (QED) is 0.0947. The maximum absolute atomic E-state index is 12.1. The van der Waals surface area contributed by atoms with Gasteiger partial charge in [0.1, 0.15) is 12.1 Å². The second kappa shape index (κ2) is 23.5. The van der Waals surface area contributed by atoms with Crippen molar-refractivity contribution in [2.45, 2.75) is 147 Å². The molecule has 220 valence electrons. The Morgan fingerprint density at radius 3 is 1.24 bits per heavy atom. The first kappa shape index (κ1) is 35.4. The SMILES string of the molecule is C[C@H](NC(=O)CC[C@H](NC(=O)CCCCCCCCCCCCCCCCCCC(=O)O)C(=O)O)C(=O)O. The molecule has 0 aromatic carbocycles. The summed E-state index contributed by atoms with van der Waals surface area (Å²) in [5.41, 5.74) is 0. The lowest BCUT2D eigenvalue weighted by molar-refractivity contribution is -0.143. The molecule has 0 aromatic heterocycles. The molecule has 0 aromatic rings. The maximum atomic E-state index is 12.1. The standard InChI is InChI=1S/C28H50N2O8/c1-22(27(35)36)29-25(32)21-20-23(28(37)38)30-24(31)18-16-14-12-10-8-6-4-2-3-5-7-9-11-13-15-17-19-26(33)34/h22-23H,2-21H2,1H3,(H,29,32)(H,30,31)(H,33,34)(H,35,36)(H,37,38)/t22-,23-/m0/s1. The fourth-order valence-electron chi connectivity index (χ4n) is 4.21. The average molecular weight is 543 g/mol. The molecule has 0 aliphatic heterocycles. The summed E-state index contributed by atoms with van der Waals surface area (Å²) in [4.78, 5) is 56.4. The fraction of sp³-hybridized carbons (Fsp3) is 0.821. The first-order chi connectivity index (χ1) is 18.1. The van der Waals surface area contributed by atoms with E-state index < -0.39 is 35.9 Å². The minimum absolute atomic E-state index is 0.102. The molecule has 0 heterocycles. The van der Waals surface area contributed by atoms with Crippen LogP contribution in [0.15, 0.2) is 0 Å². The Bertz CT molecular complexity index is 698. The van der Waals surface area contributed by atoms with Crippen molar-refractivity contribution in [3.63, 3.8) is 0 Å². The summed E-state index contributed by atoms with van der Waals surface area (Å²) in [6.45, 7) is 1.32. The van der Waals surface area contributed by atoms with Gasteiger partial charge in [-0.05, 0) is 26.2 Å². The molecule has 0 bridgehead atoms. The summed E-state index contributed by atoms with van der Waals surface area (Å²) >= 11 is 0. The van der Waals surface area contributed by atoms with Gasteiger partial charge < -0.3 is 26.0 Å². The molecule has 0 fully saturated rings. The molecular formula is C28H50N2O8. The van der Waals surface area contributed by atoms with Gasteiger partial charge in [-0.25, -0.2) is 4.79 Å². The van der Waals surface area contributed by atoms with Crippen LogP contribution in [0, 0.1) is 0 Å². The van der Waals surface area contributed by atoms with E-state index in [1.165, 1.54) is 64.7 Å². The van der Waals surface area contributed by atoms with Gasteiger partial charge in [-0.15, -0.1) is 0 Å². The molecule has 0 aliphatic rings. The Balaban J connectivity index is 3.61. The third-order valence-electron chi connectivity index (χ3n) is 6.59. The first-order valence-corrected chi connectivity index (χ1v) is 14.4. The van der Waals surface area contributed by atoms with Crippen molar-refractivity contribution >= 4 is 29.7 Å². The molecule has 2 amide bonds. The van der Waals surface area contributed by atoms with Crippen LogP contribution in [0.5, 0.6) is 0 Å². The number of nitrogens with one attached hydrogen (secondary N) is 2. The molecule has 38 heavy (non-hydrogen) atoms. The molecule has 0 saturated carbocycles. The van der Waals surface area contributed by atoms with Crippen LogP contribution >= 0.6 is 0 Å². The molecule has 2 atom stereocenters. The third kappa shape index (κ3) is 22.5. The monoisotopic (exact) mass is 542 g/mol. The summed E-state index contributed by atoms with van der Waals surface area (Å²) in [5, 5.41) is 31.4. The van der Waals surface area contributed by atoms with Crippen LogP contribution in [0.25, 0.3) is 0 Å². The van der Waals surface area contributed by atoms with Gasteiger partial charge in [-0.3, -0.25) is 19.2 Å². The van der Waals surface area contributed by atoms with Gasteiger partial charge in [-0.1, -0.05) is 89.9 Å². The molecule has 0 unspecified atom stereocenters. The van der Waals surface area contributed by atoms with Gasteiger partial charge in [0, 0.05) is 19.3 Å². The largest absolute Gasteiger partial charge is 0.481 e. The van der Waals surface area contributed by atoms with E-state index in [1.807, 2.05) is 0 Å². The van der Waals surface area contributed by atoms with Crippen molar-refractivity contribution in [2.24, 2.45) is 0 Å². The number of carboxylic acids is 3. The second-order valence-corrected chi connectivity index (χ2v) is 10.2. The third-order valence-corrected chi connectivity index (χ3v) is 6.59. The number of carboxylic acid groups (broad SMARTS) is 3. The summed E-state index contributed by atoms with van der Waals surface area (Å²) in [7, 11) is 0. The van der Waals surface area contributed by atoms with Gasteiger partial charge in [-0.2, -0.15) is 0 Å². The highest BCUT2D eigenvalue weighted by atomic mass is 16.4. The molecule has 0 aliphatic carbocycles. The Kier molecular flexibility index (Phi) is 21.8. The number of unbranched alkanes of at least 4 members (excludes halogenated alkanes) is 15. The van der Waals surface area contributed by atoms with E-state index in [9.17, 15) is 29.1 Å². The number of rotatable bonds is 26. The van der Waals surface area contributed by atoms with E-state index >= 15 is 0 Å². The zero-order chi connectivity index (χ0) is 28.6. The molecule has 0 spiro atoms. The Morgan fingerprint density at radius 1 is 0.500 bits per heavy atom. The van der Waals surface area contributed by atoms with Gasteiger partial charge >= 0.3 is 17.9 Å². The van der Waals surface area contributed by atoms with Crippen molar-refractivity contribution in [1.82, 2.24) is 10.6 Å². The van der Waals surface area contributed by atoms with Crippen LogP contribution in [-0.4, -0.2) is 57.1 Å². The van der Waals surface area contributed by atoms with Crippen molar-refractivity contribution in [2.75, 3.05) is 0 Å². The summed E-state index contributed by atoms with van der Waals surface area (Å²) < 4.78 is 0. The zero-order valence-electron chi connectivity index (χ0n) is 23.2. The van der Waals surface area contributed by atoms with Gasteiger partial charge in [0.2, 0.25) is 11.8 Å². The van der Waals surface area contributed by atoms with Crippen molar-refractivity contribution in [3.8, 4) is 0 Å². The molecule has 0 rings (SSSR count). The summed E-state index contributed by atoms with van der Waals surface area (Å²) in [5.74, 6) is -4.02. The van der Waals surface area contributed by atoms with E-state index in [-0.39, 0.29) is 31.6 Å². The lowest BCUT2D eigenvalue weighted by Gasteiger charge is -2.15. The molecular weight excluding hydrogens is 492 g/mol. The normalized spacial score (nSPS) is 12.4. The Morgan fingerprint density at radius 2 is 0.868 bits per heavy atom. The van der Waals surface area contributed by atoms with Crippen LogP contribution < -0.4 is 10.6 Å². The minimum atomic E-state index is -1.22. The highest BCUT2D eigenvalue weighted by Crippen LogP contribution is 2.14. The molecule has 0 saturated heterocycles. The lowest BCUT2D eigenvalue weighted by Crippen LogP contribution is -2.43. The van der Waals surface area contributed by atoms with E-state index in [1.54, 1.807) is 0 Å². The van der Waals surface area contributed by atoms with Gasteiger partial charge in [0.05, 0.1) is 0 Å². The minimum Gasteiger partial charge on any atom is -0.481 e. The smallest absolute Gasteiger partial charge is 0.326 e. The number of hydrogen-bond donors (Lipinski definition) is 5. The number of carbonyl (C=O) groups is 5. The van der Waals surface area contributed by atoms with E-state index in [0.29, 0.717) is 6.42 Å². The number of aliphatic carboxylic acids is 3. The molecule has 10 heteroatoms. The fourth-order valence-corrected chi connectivity index (χ4v) is 4.21. The second-order valence-electron chi connectivity index (χ2n) is 10.2. The van der Waals surface area contributed by atoms with E-state index in [4.69, 9.17) is 10.2 Å². The highest BCUT2D eigenvalue weighted by molar-refractivity contribution is 5.85. The highest BCUT2D eigenvalue weighted by Gasteiger charge is 2.22. The van der Waals surface area contributed by atoms with Crippen LogP contribution in [0.1, 0.15) is 135 Å². The predicted molar refractivity (Wildman–Crippen MR) is 145 cm³/mol. The van der Waals surface area contributed by atoms with Crippen molar-refractivity contribution < 1.29 is 39.3 Å². The Labute approximate surface area is 227 Å².